The first kappa shape index (κ1) is 15.6. The molecular weight excluding hydrogens is 339 g/mol. The minimum atomic E-state index is -0.768. The maximum atomic E-state index is 12.1. The first-order valence-corrected chi connectivity index (χ1v) is 7.44. The van der Waals surface area contributed by atoms with E-state index in [9.17, 15) is 9.59 Å². The average Bonchev–Trinajstić information content (AvgIpc) is 2.53. The predicted molar refractivity (Wildman–Crippen MR) is 88.1 cm³/mol. The maximum absolute atomic E-state index is 12.1. The molecule has 0 spiro atoms. The number of esters is 1. The highest BCUT2D eigenvalue weighted by Crippen LogP contribution is 2.22. The fraction of sp³-hybridized carbons (Fsp3) is 0.0588. The highest BCUT2D eigenvalue weighted by Gasteiger charge is 2.15. The van der Waals surface area contributed by atoms with Crippen LogP contribution in [-0.2, 0) is 11.3 Å². The van der Waals surface area contributed by atoms with E-state index in [1.54, 1.807) is 42.5 Å². The molecule has 6 heteroatoms. The molecule has 0 amide bonds. The second kappa shape index (κ2) is 6.44. The third-order valence-corrected chi connectivity index (χ3v) is 3.82. The van der Waals surface area contributed by atoms with Crippen molar-refractivity contribution in [1.29, 1.82) is 0 Å². The Kier molecular flexibility index (Phi) is 4.37. The van der Waals surface area contributed by atoms with Crippen LogP contribution in [0.1, 0.15) is 15.9 Å². The van der Waals surface area contributed by atoms with E-state index in [2.05, 4.69) is 0 Å². The second-order valence-corrected chi connectivity index (χ2v) is 5.64. The monoisotopic (exact) mass is 348 g/mol. The molecule has 1 heterocycles. The van der Waals surface area contributed by atoms with Gasteiger partial charge in [-0.25, -0.2) is 9.59 Å². The predicted octanol–water partition coefficient (Wildman–Crippen LogP) is 4.46. The van der Waals surface area contributed by atoms with E-state index in [4.69, 9.17) is 32.4 Å². The molecule has 0 bridgehead atoms. The van der Waals surface area contributed by atoms with Gasteiger partial charge in [0, 0.05) is 21.0 Å². The maximum Gasteiger partial charge on any atom is 0.351 e. The summed E-state index contributed by atoms with van der Waals surface area (Å²) in [5, 5.41) is 1.51. The Morgan fingerprint density at radius 2 is 1.87 bits per heavy atom. The van der Waals surface area contributed by atoms with Gasteiger partial charge in [-0.05, 0) is 24.3 Å². The zero-order valence-electron chi connectivity index (χ0n) is 11.7. The summed E-state index contributed by atoms with van der Waals surface area (Å²) in [5.74, 6) is -0.768. The molecule has 1 aromatic heterocycles. The molecule has 0 aliphatic rings. The Bertz CT molecular complexity index is 947. The van der Waals surface area contributed by atoms with Gasteiger partial charge in [-0.2, -0.15) is 0 Å². The number of halogens is 2. The Hall–Kier alpha value is -2.30. The molecule has 116 valence electrons. The molecule has 23 heavy (non-hydrogen) atoms. The third kappa shape index (κ3) is 3.38. The Morgan fingerprint density at radius 3 is 2.65 bits per heavy atom. The van der Waals surface area contributed by atoms with Crippen molar-refractivity contribution in [1.82, 2.24) is 0 Å². The van der Waals surface area contributed by atoms with Crippen LogP contribution in [0.3, 0.4) is 0 Å². The van der Waals surface area contributed by atoms with Gasteiger partial charge >= 0.3 is 11.6 Å². The van der Waals surface area contributed by atoms with E-state index in [0.717, 1.165) is 0 Å². The summed E-state index contributed by atoms with van der Waals surface area (Å²) in [6, 6.07) is 13.2. The molecule has 0 unspecified atom stereocenters. The number of hydrogen-bond donors (Lipinski definition) is 0. The molecule has 3 aromatic rings. The molecule has 0 atom stereocenters. The molecule has 0 aliphatic carbocycles. The van der Waals surface area contributed by atoms with E-state index in [-0.39, 0.29) is 12.2 Å². The minimum absolute atomic E-state index is 0.0684. The number of carbonyl (C=O) groups excluding carboxylic acids is 1. The second-order valence-electron chi connectivity index (χ2n) is 4.80. The van der Waals surface area contributed by atoms with Gasteiger partial charge in [-0.1, -0.05) is 47.5 Å². The van der Waals surface area contributed by atoms with E-state index >= 15 is 0 Å². The molecule has 0 fully saturated rings. The fourth-order valence-electron chi connectivity index (χ4n) is 2.06. The van der Waals surface area contributed by atoms with Crippen molar-refractivity contribution < 1.29 is 13.9 Å². The average molecular weight is 349 g/mol. The lowest BCUT2D eigenvalue weighted by Crippen LogP contribution is -2.16. The quantitative estimate of drug-likeness (QED) is 0.518. The highest BCUT2D eigenvalue weighted by atomic mass is 35.5. The summed E-state index contributed by atoms with van der Waals surface area (Å²) in [4.78, 5) is 24.0. The van der Waals surface area contributed by atoms with Gasteiger partial charge in [0.25, 0.3) is 0 Å². The number of para-hydroxylation sites is 1. The van der Waals surface area contributed by atoms with Gasteiger partial charge in [-0.3, -0.25) is 0 Å². The van der Waals surface area contributed by atoms with Crippen LogP contribution in [0.4, 0.5) is 0 Å². The molecule has 3 rings (SSSR count). The number of benzene rings is 2. The summed E-state index contributed by atoms with van der Waals surface area (Å²) in [6.45, 7) is -0.0684. The van der Waals surface area contributed by atoms with Crippen LogP contribution in [0.2, 0.25) is 10.0 Å². The number of fused-ring (bicyclic) bond motifs is 1. The topological polar surface area (TPSA) is 56.5 Å². The smallest absolute Gasteiger partial charge is 0.351 e. The van der Waals surface area contributed by atoms with Gasteiger partial charge in [0.2, 0.25) is 0 Å². The lowest BCUT2D eigenvalue weighted by atomic mass is 10.2. The van der Waals surface area contributed by atoms with Gasteiger partial charge in [0.05, 0.1) is 0 Å². The molecule has 0 aliphatic heterocycles. The normalized spacial score (nSPS) is 10.7. The lowest BCUT2D eigenvalue weighted by molar-refractivity contribution is 0.0468. The van der Waals surface area contributed by atoms with Crippen LogP contribution < -0.4 is 5.63 Å². The van der Waals surface area contributed by atoms with E-state index < -0.39 is 11.6 Å². The largest absolute Gasteiger partial charge is 0.457 e. The van der Waals surface area contributed by atoms with Crippen LogP contribution in [0.25, 0.3) is 11.0 Å². The van der Waals surface area contributed by atoms with Crippen LogP contribution >= 0.6 is 23.2 Å². The number of ether oxygens (including phenoxy) is 1. The van der Waals surface area contributed by atoms with E-state index in [1.165, 1.54) is 6.07 Å². The Labute approximate surface area is 141 Å². The third-order valence-electron chi connectivity index (χ3n) is 3.24. The summed E-state index contributed by atoms with van der Waals surface area (Å²) < 4.78 is 10.2. The van der Waals surface area contributed by atoms with Crippen molar-refractivity contribution >= 4 is 40.1 Å². The molecule has 2 aromatic carbocycles. The fourth-order valence-corrected chi connectivity index (χ4v) is 2.53. The van der Waals surface area contributed by atoms with Gasteiger partial charge < -0.3 is 9.15 Å². The Morgan fingerprint density at radius 1 is 1.09 bits per heavy atom. The number of hydrogen-bond acceptors (Lipinski definition) is 4. The van der Waals surface area contributed by atoms with Gasteiger partial charge in [-0.15, -0.1) is 0 Å². The highest BCUT2D eigenvalue weighted by molar-refractivity contribution is 6.35. The first-order valence-electron chi connectivity index (χ1n) is 6.68. The molecule has 0 N–H and O–H groups in total. The van der Waals surface area contributed by atoms with Crippen molar-refractivity contribution in [2.45, 2.75) is 6.61 Å². The first-order chi connectivity index (χ1) is 11.0. The molecule has 0 saturated heterocycles. The van der Waals surface area contributed by atoms with Crippen LogP contribution in [0.15, 0.2) is 57.7 Å². The van der Waals surface area contributed by atoms with Crippen LogP contribution in [0.5, 0.6) is 0 Å². The number of rotatable bonds is 3. The van der Waals surface area contributed by atoms with Crippen molar-refractivity contribution in [3.63, 3.8) is 0 Å². The van der Waals surface area contributed by atoms with Crippen LogP contribution in [0, 0.1) is 0 Å². The standard InChI is InChI=1S/C17H10Cl2O4/c18-12-6-5-11(14(19)8-12)9-22-16(20)13-7-10-3-1-2-4-15(10)23-17(13)21/h1-8H,9H2. The summed E-state index contributed by atoms with van der Waals surface area (Å²) in [6.07, 6.45) is 0. The number of carbonyl (C=O) groups is 1. The SMILES string of the molecule is O=C(OCc1ccc(Cl)cc1Cl)c1cc2ccccc2oc1=O. The van der Waals surface area contributed by atoms with E-state index in [0.29, 0.717) is 26.6 Å². The lowest BCUT2D eigenvalue weighted by Gasteiger charge is -2.07. The Balaban J connectivity index is 1.83. The molecule has 0 radical (unpaired) electrons. The molecule has 4 nitrogen and oxygen atoms in total. The zero-order valence-corrected chi connectivity index (χ0v) is 13.2. The molecule has 0 saturated carbocycles. The van der Waals surface area contributed by atoms with Crippen LogP contribution in [-0.4, -0.2) is 5.97 Å². The minimum Gasteiger partial charge on any atom is -0.457 e. The van der Waals surface area contributed by atoms with E-state index in [1.807, 2.05) is 0 Å². The van der Waals surface area contributed by atoms with Gasteiger partial charge in [0.15, 0.2) is 0 Å². The summed E-state index contributed by atoms with van der Waals surface area (Å²) in [5.41, 5.74) is 0.106. The van der Waals surface area contributed by atoms with Crippen molar-refractivity contribution in [3.8, 4) is 0 Å². The summed E-state index contributed by atoms with van der Waals surface area (Å²) in [7, 11) is 0. The van der Waals surface area contributed by atoms with Gasteiger partial charge in [0.1, 0.15) is 17.8 Å². The van der Waals surface area contributed by atoms with Crippen molar-refractivity contribution in [2.24, 2.45) is 0 Å². The summed E-state index contributed by atoms with van der Waals surface area (Å²) >= 11 is 11.8. The molecular formula is C17H10Cl2O4. The van der Waals surface area contributed by atoms with Crippen molar-refractivity contribution in [2.75, 3.05) is 0 Å². The van der Waals surface area contributed by atoms with Crippen molar-refractivity contribution in [3.05, 3.63) is 80.1 Å². The zero-order chi connectivity index (χ0) is 16.4.